The molecule has 0 saturated carbocycles. The number of aryl methyl sites for hydroxylation is 2. The third-order valence-corrected chi connectivity index (χ3v) is 6.80. The Balaban J connectivity index is 0.000000291. The van der Waals surface area contributed by atoms with Crippen molar-refractivity contribution in [2.75, 3.05) is 5.32 Å². The molecule has 3 aromatic carbocycles. The van der Waals surface area contributed by atoms with Crippen molar-refractivity contribution >= 4 is 40.7 Å². The highest BCUT2D eigenvalue weighted by Crippen LogP contribution is 2.52. The Hall–Kier alpha value is -2.96. The van der Waals surface area contributed by atoms with Crippen molar-refractivity contribution in [3.05, 3.63) is 98.5 Å². The maximum absolute atomic E-state index is 14.2. The first-order valence-electron chi connectivity index (χ1n) is 10.7. The molecule has 2 atom stereocenters. The van der Waals surface area contributed by atoms with Crippen LogP contribution in [0.5, 0.6) is 0 Å². The van der Waals surface area contributed by atoms with Crippen molar-refractivity contribution in [2.24, 2.45) is 0 Å². The zero-order chi connectivity index (χ0) is 24.6. The highest BCUT2D eigenvalue weighted by atomic mass is 35.5. The summed E-state index contributed by atoms with van der Waals surface area (Å²) in [5, 5.41) is 6.27. The number of benzene rings is 3. The van der Waals surface area contributed by atoms with Crippen LogP contribution in [0, 0.1) is 25.5 Å². The van der Waals surface area contributed by atoms with Crippen molar-refractivity contribution in [3.8, 4) is 0 Å². The summed E-state index contributed by atoms with van der Waals surface area (Å²) in [5.41, 5.74) is 2.06. The highest BCUT2D eigenvalue weighted by molar-refractivity contribution is 6.31. The Labute approximate surface area is 206 Å². The molecule has 34 heavy (non-hydrogen) atoms. The van der Waals surface area contributed by atoms with Gasteiger partial charge in [-0.1, -0.05) is 41.4 Å². The Morgan fingerprint density at radius 1 is 1.00 bits per heavy atom. The molecule has 2 heterocycles. The number of nitrogens with one attached hydrogen (secondary N) is 2. The fraction of sp³-hybridized carbons (Fsp3) is 0.231. The van der Waals surface area contributed by atoms with E-state index in [4.69, 9.17) is 23.2 Å². The van der Waals surface area contributed by atoms with Gasteiger partial charge in [0, 0.05) is 17.1 Å². The zero-order valence-electron chi connectivity index (χ0n) is 18.5. The van der Waals surface area contributed by atoms with Crippen LogP contribution in [0.1, 0.15) is 41.1 Å². The van der Waals surface area contributed by atoms with E-state index >= 15 is 0 Å². The van der Waals surface area contributed by atoms with Gasteiger partial charge in [0.2, 0.25) is 11.8 Å². The van der Waals surface area contributed by atoms with Crippen molar-refractivity contribution in [3.63, 3.8) is 0 Å². The molecular weight excluding hydrogens is 481 g/mol. The quantitative estimate of drug-likeness (QED) is 0.403. The van der Waals surface area contributed by atoms with E-state index in [2.05, 4.69) is 10.6 Å². The maximum Gasteiger partial charge on any atom is 0.237 e. The predicted octanol–water partition coefficient (Wildman–Crippen LogP) is 6.42. The van der Waals surface area contributed by atoms with Crippen LogP contribution >= 0.6 is 23.2 Å². The Kier molecular flexibility index (Phi) is 6.65. The molecule has 1 saturated heterocycles. The predicted molar refractivity (Wildman–Crippen MR) is 129 cm³/mol. The molecule has 5 rings (SSSR count). The topological polar surface area (TPSA) is 58.2 Å². The van der Waals surface area contributed by atoms with E-state index in [1.165, 1.54) is 29.8 Å². The lowest BCUT2D eigenvalue weighted by molar-refractivity contribution is -0.130. The van der Waals surface area contributed by atoms with Gasteiger partial charge in [-0.3, -0.25) is 9.59 Å². The first-order valence-corrected chi connectivity index (χ1v) is 11.5. The minimum Gasteiger partial charge on any atom is -0.348 e. The number of amides is 2. The van der Waals surface area contributed by atoms with Gasteiger partial charge in [0.15, 0.2) is 0 Å². The average Bonchev–Trinajstić information content (AvgIpc) is 3.03. The number of hydrogen-bond acceptors (Lipinski definition) is 2. The second-order valence-corrected chi connectivity index (χ2v) is 9.38. The Morgan fingerprint density at radius 3 is 2.44 bits per heavy atom. The SMILES string of the molecule is Cc1ccc(F)cc1[C@H]1NC(=O)CC[C@]12C(=O)Nc1cc(Cl)c(F)cc12.Cc1cccc(Cl)c1. The molecular formula is C26H22Cl2F2N2O2. The van der Waals surface area contributed by atoms with Gasteiger partial charge >= 0.3 is 0 Å². The lowest BCUT2D eigenvalue weighted by Gasteiger charge is -2.41. The van der Waals surface area contributed by atoms with Gasteiger partial charge in [-0.25, -0.2) is 8.78 Å². The summed E-state index contributed by atoms with van der Waals surface area (Å²) in [5.74, 6) is -1.71. The third-order valence-electron chi connectivity index (χ3n) is 6.27. The smallest absolute Gasteiger partial charge is 0.237 e. The molecule has 4 nitrogen and oxygen atoms in total. The van der Waals surface area contributed by atoms with E-state index in [1.807, 2.05) is 31.2 Å². The van der Waals surface area contributed by atoms with Crippen molar-refractivity contribution in [2.45, 2.75) is 38.1 Å². The van der Waals surface area contributed by atoms with Crippen LogP contribution in [-0.2, 0) is 15.0 Å². The molecule has 0 unspecified atom stereocenters. The monoisotopic (exact) mass is 502 g/mol. The van der Waals surface area contributed by atoms with Crippen LogP contribution in [0.25, 0.3) is 0 Å². The average molecular weight is 503 g/mol. The molecule has 2 amide bonds. The van der Waals surface area contributed by atoms with Gasteiger partial charge in [-0.05, 0) is 78.9 Å². The molecule has 2 aliphatic heterocycles. The zero-order valence-corrected chi connectivity index (χ0v) is 20.0. The van der Waals surface area contributed by atoms with E-state index in [9.17, 15) is 18.4 Å². The fourth-order valence-corrected chi connectivity index (χ4v) is 5.00. The largest absolute Gasteiger partial charge is 0.348 e. The van der Waals surface area contributed by atoms with Gasteiger partial charge in [-0.15, -0.1) is 0 Å². The summed E-state index contributed by atoms with van der Waals surface area (Å²) in [7, 11) is 0. The molecule has 0 bridgehead atoms. The Morgan fingerprint density at radius 2 is 1.76 bits per heavy atom. The van der Waals surface area contributed by atoms with Crippen molar-refractivity contribution < 1.29 is 18.4 Å². The lowest BCUT2D eigenvalue weighted by atomic mass is 9.67. The standard InChI is InChI=1S/C19H15ClF2N2O2.C7H7Cl/c1-9-2-3-10(21)6-11(9)17-19(5-4-16(25)24-17)12-7-14(22)13(20)8-15(12)23-18(19)26;1-6-3-2-4-7(8)5-6/h2-3,6-8,17H,4-5H2,1H3,(H,23,26)(H,24,25);2-5H,1H3/t17-,19-;/m1./s1. The summed E-state index contributed by atoms with van der Waals surface area (Å²) in [6.07, 6.45) is 0.307. The van der Waals surface area contributed by atoms with Crippen molar-refractivity contribution in [1.29, 1.82) is 0 Å². The molecule has 0 aromatic heterocycles. The van der Waals surface area contributed by atoms with Gasteiger partial charge in [0.05, 0.1) is 11.1 Å². The molecule has 8 heteroatoms. The Bertz CT molecular complexity index is 1280. The van der Waals surface area contributed by atoms with Crippen LogP contribution in [0.4, 0.5) is 14.5 Å². The van der Waals surface area contributed by atoms with Gasteiger partial charge in [-0.2, -0.15) is 0 Å². The summed E-state index contributed by atoms with van der Waals surface area (Å²) in [4.78, 5) is 25.1. The molecule has 1 fully saturated rings. The van der Waals surface area contributed by atoms with Crippen molar-refractivity contribution in [1.82, 2.24) is 5.32 Å². The summed E-state index contributed by atoms with van der Waals surface area (Å²) < 4.78 is 28.1. The van der Waals surface area contributed by atoms with Crippen LogP contribution in [-0.4, -0.2) is 11.8 Å². The highest BCUT2D eigenvalue weighted by Gasteiger charge is 2.56. The number of anilines is 1. The number of rotatable bonds is 1. The summed E-state index contributed by atoms with van der Waals surface area (Å²) >= 11 is 11.5. The molecule has 2 aliphatic rings. The first kappa shape index (κ1) is 24.2. The minimum atomic E-state index is -1.22. The van der Waals surface area contributed by atoms with Gasteiger partial charge in [0.25, 0.3) is 0 Å². The lowest BCUT2D eigenvalue weighted by Crippen LogP contribution is -2.52. The number of piperidine rings is 1. The number of carbonyl (C=O) groups is 2. The number of hydrogen-bond donors (Lipinski definition) is 2. The van der Waals surface area contributed by atoms with Crippen LogP contribution in [0.15, 0.2) is 54.6 Å². The van der Waals surface area contributed by atoms with E-state index in [0.717, 1.165) is 10.6 Å². The van der Waals surface area contributed by atoms with Crippen LogP contribution in [0.2, 0.25) is 10.0 Å². The maximum atomic E-state index is 14.2. The molecule has 3 aromatic rings. The van der Waals surface area contributed by atoms with E-state index in [0.29, 0.717) is 16.8 Å². The number of carbonyl (C=O) groups excluding carboxylic acids is 2. The van der Waals surface area contributed by atoms with E-state index < -0.39 is 23.1 Å². The summed E-state index contributed by atoms with van der Waals surface area (Å²) in [6.45, 7) is 3.80. The third kappa shape index (κ3) is 4.40. The second-order valence-electron chi connectivity index (χ2n) is 8.54. The fourth-order valence-electron chi connectivity index (χ4n) is 4.59. The second kappa shape index (κ2) is 9.35. The number of halogens is 4. The van der Waals surface area contributed by atoms with Gasteiger partial charge < -0.3 is 10.6 Å². The molecule has 0 aliphatic carbocycles. The van der Waals surface area contributed by atoms with Gasteiger partial charge in [0.1, 0.15) is 17.0 Å². The van der Waals surface area contributed by atoms with Crippen LogP contribution in [0.3, 0.4) is 0 Å². The molecule has 1 spiro atoms. The molecule has 2 N–H and O–H groups in total. The van der Waals surface area contributed by atoms with E-state index in [-0.39, 0.29) is 29.7 Å². The molecule has 0 radical (unpaired) electrons. The van der Waals surface area contributed by atoms with Crippen LogP contribution < -0.4 is 10.6 Å². The van der Waals surface area contributed by atoms with E-state index in [1.54, 1.807) is 13.0 Å². The number of fused-ring (bicyclic) bond motifs is 2. The first-order chi connectivity index (χ1) is 16.1. The minimum absolute atomic E-state index is 0.0977. The normalized spacial score (nSPS) is 20.8. The summed E-state index contributed by atoms with van der Waals surface area (Å²) in [6, 6.07) is 13.8. The molecule has 176 valence electrons.